The van der Waals surface area contributed by atoms with Crippen LogP contribution in [0.1, 0.15) is 43.2 Å². The highest BCUT2D eigenvalue weighted by molar-refractivity contribution is 6.34. The number of hydrogen-bond donors (Lipinski definition) is 0. The van der Waals surface area contributed by atoms with Crippen LogP contribution in [0.15, 0.2) is 53.7 Å². The second-order valence-electron chi connectivity index (χ2n) is 6.59. The lowest BCUT2D eigenvalue weighted by Gasteiger charge is -2.30. The fourth-order valence-corrected chi connectivity index (χ4v) is 3.93. The van der Waals surface area contributed by atoms with E-state index in [-0.39, 0.29) is 21.5 Å². The van der Waals surface area contributed by atoms with Gasteiger partial charge in [-0.1, -0.05) is 72.0 Å². The molecule has 0 bridgehead atoms. The monoisotopic (exact) mass is 415 g/mol. The van der Waals surface area contributed by atoms with Crippen molar-refractivity contribution in [2.24, 2.45) is 5.16 Å². The molecule has 2 aromatic rings. The van der Waals surface area contributed by atoms with E-state index in [2.05, 4.69) is 5.16 Å². The van der Waals surface area contributed by atoms with Crippen molar-refractivity contribution in [3.8, 4) is 0 Å². The minimum atomic E-state index is -4.68. The molecule has 0 radical (unpaired) electrons. The van der Waals surface area contributed by atoms with Crippen molar-refractivity contribution in [3.05, 3.63) is 69.7 Å². The van der Waals surface area contributed by atoms with Gasteiger partial charge in [-0.05, 0) is 30.2 Å². The first-order valence-electron chi connectivity index (χ1n) is 8.60. The molecule has 1 aliphatic heterocycles. The molecule has 0 aliphatic carbocycles. The van der Waals surface area contributed by atoms with Gasteiger partial charge in [0, 0.05) is 27.9 Å². The van der Waals surface area contributed by atoms with Crippen LogP contribution in [0.3, 0.4) is 0 Å². The van der Waals surface area contributed by atoms with Crippen LogP contribution < -0.4 is 0 Å². The van der Waals surface area contributed by atoms with Crippen LogP contribution in [0.25, 0.3) is 0 Å². The Hall–Kier alpha value is -1.72. The number of rotatable bonds is 5. The van der Waals surface area contributed by atoms with Crippen molar-refractivity contribution >= 4 is 28.9 Å². The van der Waals surface area contributed by atoms with Gasteiger partial charge in [-0.2, -0.15) is 13.2 Å². The molecular weight excluding hydrogens is 398 g/mol. The lowest BCUT2D eigenvalue weighted by Crippen LogP contribution is -2.43. The third kappa shape index (κ3) is 3.94. The highest BCUT2D eigenvalue weighted by Crippen LogP contribution is 2.50. The zero-order valence-corrected chi connectivity index (χ0v) is 16.1. The zero-order chi connectivity index (χ0) is 19.7. The van der Waals surface area contributed by atoms with E-state index in [1.54, 1.807) is 0 Å². The Bertz CT molecular complexity index is 819. The summed E-state index contributed by atoms with van der Waals surface area (Å²) in [5, 5.41) is 4.13. The van der Waals surface area contributed by atoms with Crippen molar-refractivity contribution in [3.63, 3.8) is 0 Å². The van der Waals surface area contributed by atoms with Crippen molar-refractivity contribution in [2.75, 3.05) is 0 Å². The van der Waals surface area contributed by atoms with Crippen LogP contribution in [0.2, 0.25) is 10.0 Å². The van der Waals surface area contributed by atoms with Gasteiger partial charge in [0.25, 0.3) is 5.60 Å². The van der Waals surface area contributed by atoms with Gasteiger partial charge in [0.15, 0.2) is 0 Å². The summed E-state index contributed by atoms with van der Waals surface area (Å²) in [7, 11) is 0. The van der Waals surface area contributed by atoms with Crippen LogP contribution in [-0.4, -0.2) is 11.9 Å². The quantitative estimate of drug-likeness (QED) is 0.509. The standard InChI is InChI=1S/C20H18Cl2F3NO/c1-2-6-17(13-7-4-3-5-8-13)18-12-19(27-26-18,20(23,24)25)14-9-15(21)11-16(22)10-14/h3-5,7-11,17H,2,6,12H2,1H3. The maximum absolute atomic E-state index is 14.1. The Kier molecular flexibility index (Phi) is 5.73. The minimum Gasteiger partial charge on any atom is -0.374 e. The molecule has 0 saturated carbocycles. The van der Waals surface area contributed by atoms with E-state index in [1.165, 1.54) is 18.2 Å². The summed E-state index contributed by atoms with van der Waals surface area (Å²) in [6, 6.07) is 13.2. The van der Waals surface area contributed by atoms with Gasteiger partial charge in [-0.15, -0.1) is 0 Å². The second-order valence-corrected chi connectivity index (χ2v) is 7.46. The molecule has 27 heavy (non-hydrogen) atoms. The molecule has 0 N–H and O–H groups in total. The van der Waals surface area contributed by atoms with Crippen molar-refractivity contribution < 1.29 is 18.0 Å². The molecule has 0 fully saturated rings. The number of hydrogen-bond acceptors (Lipinski definition) is 2. The number of benzene rings is 2. The lowest BCUT2D eigenvalue weighted by atomic mass is 9.81. The Morgan fingerprint density at radius 1 is 1.11 bits per heavy atom. The Balaban J connectivity index is 2.01. The molecule has 0 aromatic heterocycles. The number of oxime groups is 1. The highest BCUT2D eigenvalue weighted by Gasteiger charge is 2.62. The molecule has 0 spiro atoms. The van der Waals surface area contributed by atoms with Gasteiger partial charge in [-0.25, -0.2) is 0 Å². The van der Waals surface area contributed by atoms with Gasteiger partial charge < -0.3 is 4.84 Å². The van der Waals surface area contributed by atoms with E-state index in [4.69, 9.17) is 28.0 Å². The molecule has 0 saturated heterocycles. The van der Waals surface area contributed by atoms with Gasteiger partial charge in [-0.3, -0.25) is 0 Å². The summed E-state index contributed by atoms with van der Waals surface area (Å²) >= 11 is 11.9. The van der Waals surface area contributed by atoms with E-state index in [0.29, 0.717) is 12.1 Å². The summed E-state index contributed by atoms with van der Waals surface area (Å²) in [6.45, 7) is 1.99. The number of alkyl halides is 3. The first-order chi connectivity index (χ1) is 12.8. The molecule has 2 unspecified atom stereocenters. The second kappa shape index (κ2) is 7.72. The third-order valence-electron chi connectivity index (χ3n) is 4.72. The van der Waals surface area contributed by atoms with Gasteiger partial charge >= 0.3 is 6.18 Å². The zero-order valence-electron chi connectivity index (χ0n) is 14.6. The first kappa shape index (κ1) is 20.0. The lowest BCUT2D eigenvalue weighted by molar-refractivity contribution is -0.275. The summed E-state index contributed by atoms with van der Waals surface area (Å²) in [5.41, 5.74) is -1.44. The normalized spacial score (nSPS) is 20.9. The third-order valence-corrected chi connectivity index (χ3v) is 5.15. The summed E-state index contributed by atoms with van der Waals surface area (Å²) in [5.74, 6) is -0.241. The van der Waals surface area contributed by atoms with Crippen LogP contribution in [0.4, 0.5) is 13.2 Å². The Labute approximate surface area is 165 Å². The molecule has 1 aliphatic rings. The SMILES string of the molecule is CCCC(C1=NOC(c2cc(Cl)cc(Cl)c2)(C(F)(F)F)C1)c1ccccc1. The van der Waals surface area contributed by atoms with Crippen LogP contribution in [0, 0.1) is 0 Å². The fraction of sp³-hybridized carbons (Fsp3) is 0.350. The van der Waals surface area contributed by atoms with Gasteiger partial charge in [0.2, 0.25) is 0 Å². The number of nitrogens with zero attached hydrogens (tertiary/aromatic N) is 1. The van der Waals surface area contributed by atoms with Crippen molar-refractivity contribution in [1.29, 1.82) is 0 Å². The van der Waals surface area contributed by atoms with Gasteiger partial charge in [0.05, 0.1) is 5.71 Å². The molecule has 7 heteroatoms. The Morgan fingerprint density at radius 3 is 2.30 bits per heavy atom. The molecule has 0 amide bonds. The first-order valence-corrected chi connectivity index (χ1v) is 9.35. The fourth-order valence-electron chi connectivity index (χ4n) is 3.40. The summed E-state index contributed by atoms with van der Waals surface area (Å²) in [4.78, 5) is 5.11. The summed E-state index contributed by atoms with van der Waals surface area (Å²) < 4.78 is 42.3. The maximum atomic E-state index is 14.1. The summed E-state index contributed by atoms with van der Waals surface area (Å²) in [6.07, 6.45) is -3.59. The predicted octanol–water partition coefficient (Wildman–Crippen LogP) is 7.11. The average Bonchev–Trinajstić information content (AvgIpc) is 3.06. The van der Waals surface area contributed by atoms with Crippen LogP contribution in [-0.2, 0) is 10.4 Å². The van der Waals surface area contributed by atoms with E-state index in [9.17, 15) is 13.2 Å². The van der Waals surface area contributed by atoms with Crippen molar-refractivity contribution in [1.82, 2.24) is 0 Å². The highest BCUT2D eigenvalue weighted by atomic mass is 35.5. The smallest absolute Gasteiger partial charge is 0.374 e. The van der Waals surface area contributed by atoms with Crippen LogP contribution in [0.5, 0.6) is 0 Å². The molecule has 2 atom stereocenters. The van der Waals surface area contributed by atoms with Crippen LogP contribution >= 0.6 is 23.2 Å². The molecule has 3 rings (SSSR count). The van der Waals surface area contributed by atoms with E-state index in [1.807, 2.05) is 37.3 Å². The average molecular weight is 416 g/mol. The molecule has 1 heterocycles. The molecule has 2 nitrogen and oxygen atoms in total. The molecular formula is C20H18Cl2F3NO. The van der Waals surface area contributed by atoms with E-state index in [0.717, 1.165) is 12.0 Å². The predicted molar refractivity (Wildman–Crippen MR) is 101 cm³/mol. The maximum Gasteiger partial charge on any atom is 0.435 e. The Morgan fingerprint density at radius 2 is 1.74 bits per heavy atom. The van der Waals surface area contributed by atoms with Crippen molar-refractivity contribution in [2.45, 2.75) is 43.9 Å². The van der Waals surface area contributed by atoms with Gasteiger partial charge in [0.1, 0.15) is 0 Å². The van der Waals surface area contributed by atoms with E-state index < -0.39 is 18.2 Å². The molecule has 2 aromatic carbocycles. The molecule has 144 valence electrons. The van der Waals surface area contributed by atoms with E-state index >= 15 is 0 Å². The largest absolute Gasteiger partial charge is 0.435 e. The minimum absolute atomic E-state index is 0.117. The topological polar surface area (TPSA) is 21.6 Å². The number of halogens is 5.